The first-order valence-corrected chi connectivity index (χ1v) is 10.4. The molecular formula is C21H28F3N3O3. The van der Waals surface area contributed by atoms with Crippen LogP contribution in [0.15, 0.2) is 24.3 Å². The maximum Gasteiger partial charge on any atom is 0.416 e. The lowest BCUT2D eigenvalue weighted by atomic mass is 9.97. The molecule has 2 aliphatic rings. The molecule has 2 amide bonds. The zero-order valence-electron chi connectivity index (χ0n) is 16.9. The van der Waals surface area contributed by atoms with Gasteiger partial charge in [-0.3, -0.25) is 9.69 Å². The summed E-state index contributed by atoms with van der Waals surface area (Å²) in [7, 11) is 0. The number of fused-ring (bicyclic) bond motifs is 1. The molecule has 3 unspecified atom stereocenters. The Morgan fingerprint density at radius 3 is 2.50 bits per heavy atom. The molecule has 0 spiro atoms. The van der Waals surface area contributed by atoms with Gasteiger partial charge in [0.25, 0.3) is 0 Å². The van der Waals surface area contributed by atoms with Crippen molar-refractivity contribution in [2.45, 2.75) is 57.4 Å². The Balaban J connectivity index is 1.55. The van der Waals surface area contributed by atoms with E-state index >= 15 is 0 Å². The highest BCUT2D eigenvalue weighted by atomic mass is 19.4. The van der Waals surface area contributed by atoms with Crippen LogP contribution in [0.1, 0.15) is 43.7 Å². The van der Waals surface area contributed by atoms with Crippen molar-refractivity contribution in [3.05, 3.63) is 35.4 Å². The number of amides is 2. The third kappa shape index (κ3) is 5.44. The van der Waals surface area contributed by atoms with Crippen molar-refractivity contribution in [2.75, 3.05) is 13.1 Å². The number of likely N-dealkylation sites (tertiary alicyclic amines) is 1. The molecule has 2 fully saturated rings. The number of nitrogens with one attached hydrogen (secondary N) is 2. The summed E-state index contributed by atoms with van der Waals surface area (Å²) in [6, 6.07) is 4.50. The van der Waals surface area contributed by atoms with E-state index in [9.17, 15) is 22.8 Å². The first-order chi connectivity index (χ1) is 14.2. The summed E-state index contributed by atoms with van der Waals surface area (Å²) in [5.41, 5.74) is 0.182. The molecule has 0 aromatic heterocycles. The highest BCUT2D eigenvalue weighted by Crippen LogP contribution is 2.39. The molecule has 3 N–H and O–H groups in total. The average molecular weight is 427 g/mol. The van der Waals surface area contributed by atoms with Crippen LogP contribution in [0, 0.1) is 11.8 Å². The lowest BCUT2D eigenvalue weighted by Gasteiger charge is -2.24. The van der Waals surface area contributed by atoms with Crippen LogP contribution in [0.2, 0.25) is 0 Å². The molecule has 1 aromatic rings. The van der Waals surface area contributed by atoms with Gasteiger partial charge in [0.15, 0.2) is 0 Å². The summed E-state index contributed by atoms with van der Waals surface area (Å²) in [6.07, 6.45) is -2.57. The number of carbonyl (C=O) groups is 2. The molecule has 9 heteroatoms. The second-order valence-electron chi connectivity index (χ2n) is 8.30. The number of alkyl halides is 3. The lowest BCUT2D eigenvalue weighted by molar-refractivity contribution is -0.137. The van der Waals surface area contributed by atoms with E-state index in [0.29, 0.717) is 25.3 Å². The van der Waals surface area contributed by atoms with E-state index in [4.69, 9.17) is 5.11 Å². The van der Waals surface area contributed by atoms with E-state index in [1.807, 2.05) is 6.92 Å². The highest BCUT2D eigenvalue weighted by Gasteiger charge is 2.43. The number of halogens is 3. The van der Waals surface area contributed by atoms with Crippen molar-refractivity contribution in [3.63, 3.8) is 0 Å². The maximum atomic E-state index is 12.7. The third-order valence-corrected chi connectivity index (χ3v) is 6.14. The quantitative estimate of drug-likeness (QED) is 0.623. The van der Waals surface area contributed by atoms with Gasteiger partial charge in [0.1, 0.15) is 6.04 Å². The van der Waals surface area contributed by atoms with E-state index in [2.05, 4.69) is 15.5 Å². The van der Waals surface area contributed by atoms with Crippen molar-refractivity contribution in [2.24, 2.45) is 11.8 Å². The second kappa shape index (κ2) is 9.24. The fourth-order valence-corrected chi connectivity index (χ4v) is 4.71. The molecule has 1 heterocycles. The molecule has 30 heavy (non-hydrogen) atoms. The van der Waals surface area contributed by atoms with Crippen LogP contribution < -0.4 is 10.6 Å². The minimum absolute atomic E-state index is 0.00458. The van der Waals surface area contributed by atoms with Crippen LogP contribution in [-0.2, 0) is 17.5 Å². The Hall–Kier alpha value is -2.29. The minimum atomic E-state index is -4.33. The van der Waals surface area contributed by atoms with Gasteiger partial charge in [-0.2, -0.15) is 13.2 Å². The number of carbonyl (C=O) groups excluding carboxylic acids is 1. The SMILES string of the molecule is CCCC(NC(=O)O)C(=O)NC1CCC2CN(Cc3ccc(C(F)(F)F)cc3)C[C@@H]21. The Labute approximate surface area is 173 Å². The molecule has 1 aliphatic carbocycles. The van der Waals surface area contributed by atoms with E-state index in [1.165, 1.54) is 12.1 Å². The Bertz CT molecular complexity index is 754. The average Bonchev–Trinajstić information content (AvgIpc) is 3.22. The molecule has 6 nitrogen and oxygen atoms in total. The molecule has 3 rings (SSSR count). The number of rotatable bonds is 7. The monoisotopic (exact) mass is 427 g/mol. The molecule has 0 bridgehead atoms. The molecule has 166 valence electrons. The zero-order chi connectivity index (χ0) is 21.9. The molecule has 1 saturated carbocycles. The van der Waals surface area contributed by atoms with Crippen molar-refractivity contribution in [1.29, 1.82) is 0 Å². The van der Waals surface area contributed by atoms with E-state index in [1.54, 1.807) is 0 Å². The summed E-state index contributed by atoms with van der Waals surface area (Å²) in [5.74, 6) is 0.420. The van der Waals surface area contributed by atoms with Crippen LogP contribution in [0.3, 0.4) is 0 Å². The van der Waals surface area contributed by atoms with Gasteiger partial charge in [-0.15, -0.1) is 0 Å². The summed E-state index contributed by atoms with van der Waals surface area (Å²) in [6.45, 7) is 4.08. The van der Waals surface area contributed by atoms with Gasteiger partial charge < -0.3 is 15.7 Å². The van der Waals surface area contributed by atoms with Crippen molar-refractivity contribution in [3.8, 4) is 0 Å². The van der Waals surface area contributed by atoms with Gasteiger partial charge in [0, 0.05) is 25.7 Å². The molecular weight excluding hydrogens is 399 g/mol. The van der Waals surface area contributed by atoms with E-state index in [0.717, 1.165) is 43.6 Å². The molecule has 1 aromatic carbocycles. The summed E-state index contributed by atoms with van der Waals surface area (Å²) < 4.78 is 38.2. The topological polar surface area (TPSA) is 81.7 Å². The van der Waals surface area contributed by atoms with Gasteiger partial charge in [-0.25, -0.2) is 4.79 Å². The predicted octanol–water partition coefficient (Wildman–Crippen LogP) is 3.47. The van der Waals surface area contributed by atoms with E-state index < -0.39 is 23.9 Å². The largest absolute Gasteiger partial charge is 0.465 e. The first kappa shape index (κ1) is 22.4. The number of hydrogen-bond acceptors (Lipinski definition) is 3. The molecule has 0 radical (unpaired) electrons. The Morgan fingerprint density at radius 2 is 1.90 bits per heavy atom. The van der Waals surface area contributed by atoms with Gasteiger partial charge in [-0.1, -0.05) is 25.5 Å². The maximum absolute atomic E-state index is 12.7. The number of nitrogens with zero attached hydrogens (tertiary/aromatic N) is 1. The zero-order valence-corrected chi connectivity index (χ0v) is 16.9. The predicted molar refractivity (Wildman–Crippen MR) is 105 cm³/mol. The van der Waals surface area contributed by atoms with Crippen LogP contribution >= 0.6 is 0 Å². The Kier molecular flexibility index (Phi) is 6.90. The molecule has 4 atom stereocenters. The van der Waals surface area contributed by atoms with Crippen LogP contribution in [0.4, 0.5) is 18.0 Å². The second-order valence-corrected chi connectivity index (χ2v) is 8.30. The van der Waals surface area contributed by atoms with Crippen molar-refractivity contribution < 1.29 is 27.9 Å². The number of hydrogen-bond donors (Lipinski definition) is 3. The van der Waals surface area contributed by atoms with Crippen molar-refractivity contribution >= 4 is 12.0 Å². The van der Waals surface area contributed by atoms with Gasteiger partial charge in [-0.05, 0) is 48.8 Å². The first-order valence-electron chi connectivity index (χ1n) is 10.4. The Morgan fingerprint density at radius 1 is 1.20 bits per heavy atom. The van der Waals surface area contributed by atoms with Crippen molar-refractivity contribution in [1.82, 2.24) is 15.5 Å². The van der Waals surface area contributed by atoms with Crippen LogP contribution in [0.5, 0.6) is 0 Å². The van der Waals surface area contributed by atoms with Crippen LogP contribution in [0.25, 0.3) is 0 Å². The fourth-order valence-electron chi connectivity index (χ4n) is 4.71. The fraction of sp³-hybridized carbons (Fsp3) is 0.619. The minimum Gasteiger partial charge on any atom is -0.465 e. The highest BCUT2D eigenvalue weighted by molar-refractivity contribution is 5.85. The van der Waals surface area contributed by atoms with Gasteiger partial charge in [0.05, 0.1) is 5.56 Å². The smallest absolute Gasteiger partial charge is 0.416 e. The van der Waals surface area contributed by atoms with Gasteiger partial charge >= 0.3 is 12.3 Å². The molecule has 1 aliphatic heterocycles. The van der Waals surface area contributed by atoms with Gasteiger partial charge in [0.2, 0.25) is 5.91 Å². The number of carboxylic acid groups (broad SMARTS) is 1. The standard InChI is InChI=1S/C21H28F3N3O3/c1-2-3-18(26-20(29)30)19(28)25-17-9-6-14-11-27(12-16(14)17)10-13-4-7-15(8-5-13)21(22,23)24/h4-5,7-8,14,16-18,26H,2-3,6,9-12H2,1H3,(H,25,28)(H,29,30)/t14?,16-,17?,18?/m0/s1. The normalized spacial score (nSPS) is 25.0. The number of benzene rings is 1. The summed E-state index contributed by atoms with van der Waals surface area (Å²) in [4.78, 5) is 25.7. The van der Waals surface area contributed by atoms with E-state index in [-0.39, 0.29) is 17.9 Å². The summed E-state index contributed by atoms with van der Waals surface area (Å²) >= 11 is 0. The molecule has 1 saturated heterocycles. The lowest BCUT2D eigenvalue weighted by Crippen LogP contribution is -2.50. The summed E-state index contributed by atoms with van der Waals surface area (Å²) in [5, 5.41) is 14.3. The third-order valence-electron chi connectivity index (χ3n) is 6.14. The van der Waals surface area contributed by atoms with Crippen LogP contribution in [-0.4, -0.2) is 47.2 Å².